The first kappa shape index (κ1) is 13.7. The van der Waals surface area contributed by atoms with Crippen LogP contribution in [0.4, 0.5) is 0 Å². The van der Waals surface area contributed by atoms with Crippen molar-refractivity contribution in [2.75, 3.05) is 20.2 Å². The summed E-state index contributed by atoms with van der Waals surface area (Å²) in [5, 5.41) is 9.90. The van der Waals surface area contributed by atoms with Crippen molar-refractivity contribution in [1.29, 1.82) is 0 Å². The quantitative estimate of drug-likeness (QED) is 0.883. The van der Waals surface area contributed by atoms with E-state index in [2.05, 4.69) is 0 Å². The van der Waals surface area contributed by atoms with Crippen molar-refractivity contribution in [3.8, 4) is 11.5 Å². The highest BCUT2D eigenvalue weighted by molar-refractivity contribution is 5.97. The molecular weight excluding hydrogens is 246 g/mol. The van der Waals surface area contributed by atoms with E-state index in [1.165, 1.54) is 13.2 Å². The molecule has 1 saturated heterocycles. The number of carbonyl (C=O) groups excluding carboxylic acids is 1. The van der Waals surface area contributed by atoms with Crippen LogP contribution in [-0.4, -0.2) is 48.3 Å². The fourth-order valence-corrected chi connectivity index (χ4v) is 2.33. The second-order valence-corrected chi connectivity index (χ2v) is 4.85. The Morgan fingerprint density at radius 3 is 2.53 bits per heavy atom. The molecule has 1 aromatic carbocycles. The van der Waals surface area contributed by atoms with Gasteiger partial charge in [0.15, 0.2) is 0 Å². The van der Waals surface area contributed by atoms with E-state index >= 15 is 0 Å². The number of ether oxygens (including phenoxy) is 2. The molecule has 1 aliphatic heterocycles. The number of carbonyl (C=O) groups is 1. The number of rotatable bonds is 2. The predicted molar refractivity (Wildman–Crippen MR) is 70.6 cm³/mol. The summed E-state index contributed by atoms with van der Waals surface area (Å²) >= 11 is 0. The third-order valence-electron chi connectivity index (χ3n) is 3.14. The largest absolute Gasteiger partial charge is 0.507 e. The van der Waals surface area contributed by atoms with Crippen molar-refractivity contribution in [3.05, 3.63) is 23.8 Å². The lowest BCUT2D eigenvalue weighted by Gasteiger charge is -2.35. The molecule has 0 bridgehead atoms. The maximum Gasteiger partial charge on any atom is 0.257 e. The predicted octanol–water partition coefficient (Wildman–Crippen LogP) is 1.65. The zero-order valence-electron chi connectivity index (χ0n) is 11.4. The Morgan fingerprint density at radius 2 is 2.00 bits per heavy atom. The van der Waals surface area contributed by atoms with Crippen LogP contribution in [0.3, 0.4) is 0 Å². The third kappa shape index (κ3) is 2.98. The molecule has 1 heterocycles. The van der Waals surface area contributed by atoms with Crippen LogP contribution in [0.15, 0.2) is 18.2 Å². The van der Waals surface area contributed by atoms with Crippen LogP contribution >= 0.6 is 0 Å². The van der Waals surface area contributed by atoms with E-state index in [1.54, 1.807) is 17.0 Å². The highest BCUT2D eigenvalue weighted by atomic mass is 16.5. The van der Waals surface area contributed by atoms with Crippen molar-refractivity contribution >= 4 is 5.91 Å². The highest BCUT2D eigenvalue weighted by Crippen LogP contribution is 2.25. The molecule has 0 spiro atoms. The van der Waals surface area contributed by atoms with E-state index in [9.17, 15) is 9.90 Å². The Hall–Kier alpha value is -1.75. The van der Waals surface area contributed by atoms with Gasteiger partial charge >= 0.3 is 0 Å². The summed E-state index contributed by atoms with van der Waals surface area (Å²) in [5.41, 5.74) is 0.294. The van der Waals surface area contributed by atoms with Gasteiger partial charge in [0.25, 0.3) is 5.91 Å². The van der Waals surface area contributed by atoms with Crippen molar-refractivity contribution in [2.24, 2.45) is 0 Å². The zero-order valence-corrected chi connectivity index (χ0v) is 11.4. The van der Waals surface area contributed by atoms with Crippen molar-refractivity contribution in [1.82, 2.24) is 4.90 Å². The molecule has 1 amide bonds. The van der Waals surface area contributed by atoms with Crippen LogP contribution in [0, 0.1) is 0 Å². The van der Waals surface area contributed by atoms with Crippen molar-refractivity contribution in [2.45, 2.75) is 26.1 Å². The standard InChI is InChI=1S/C14H19NO4/c1-9-7-15(8-10(2)19-9)14(17)12-5-4-11(18-3)6-13(12)16/h4-6,9-10,16H,7-8H2,1-3H3. The molecule has 2 atom stereocenters. The van der Waals surface area contributed by atoms with Gasteiger partial charge in [0.1, 0.15) is 11.5 Å². The first-order valence-electron chi connectivity index (χ1n) is 6.33. The van der Waals surface area contributed by atoms with Crippen LogP contribution in [0.25, 0.3) is 0 Å². The molecular formula is C14H19NO4. The molecule has 2 rings (SSSR count). The van der Waals surface area contributed by atoms with Gasteiger partial charge in [-0.05, 0) is 26.0 Å². The minimum Gasteiger partial charge on any atom is -0.507 e. The fraction of sp³-hybridized carbons (Fsp3) is 0.500. The maximum atomic E-state index is 12.4. The average molecular weight is 265 g/mol. The monoisotopic (exact) mass is 265 g/mol. The van der Waals surface area contributed by atoms with Gasteiger partial charge in [-0.3, -0.25) is 4.79 Å². The number of morpholine rings is 1. The number of aromatic hydroxyl groups is 1. The number of amides is 1. The highest BCUT2D eigenvalue weighted by Gasteiger charge is 2.27. The summed E-state index contributed by atoms with van der Waals surface area (Å²) in [6.07, 6.45) is 0.0150. The summed E-state index contributed by atoms with van der Waals surface area (Å²) in [5.74, 6) is 0.288. The molecule has 104 valence electrons. The molecule has 19 heavy (non-hydrogen) atoms. The third-order valence-corrected chi connectivity index (χ3v) is 3.14. The SMILES string of the molecule is COc1ccc(C(=O)N2CC(C)OC(C)C2)c(O)c1. The Morgan fingerprint density at radius 1 is 1.37 bits per heavy atom. The van der Waals surface area contributed by atoms with Gasteiger partial charge < -0.3 is 19.5 Å². The zero-order chi connectivity index (χ0) is 14.0. The Kier molecular flexibility index (Phi) is 3.95. The van der Waals surface area contributed by atoms with Crippen LogP contribution in [0.1, 0.15) is 24.2 Å². The minimum atomic E-state index is -0.179. The molecule has 1 fully saturated rings. The normalized spacial score (nSPS) is 23.2. The number of phenols is 1. The molecule has 0 aliphatic carbocycles. The summed E-state index contributed by atoms with van der Waals surface area (Å²) in [6.45, 7) is 4.94. The van der Waals surface area contributed by atoms with Gasteiger partial charge in [-0.2, -0.15) is 0 Å². The van der Waals surface area contributed by atoms with Crippen LogP contribution in [0.5, 0.6) is 11.5 Å². The van der Waals surface area contributed by atoms with E-state index < -0.39 is 0 Å². The van der Waals surface area contributed by atoms with E-state index in [4.69, 9.17) is 9.47 Å². The van der Waals surface area contributed by atoms with Gasteiger partial charge in [-0.25, -0.2) is 0 Å². The smallest absolute Gasteiger partial charge is 0.257 e. The van der Waals surface area contributed by atoms with Gasteiger partial charge in [-0.15, -0.1) is 0 Å². The Labute approximate surface area is 112 Å². The second kappa shape index (κ2) is 5.48. The molecule has 2 unspecified atom stereocenters. The van der Waals surface area contributed by atoms with Crippen molar-refractivity contribution in [3.63, 3.8) is 0 Å². The van der Waals surface area contributed by atoms with Gasteiger partial charge in [-0.1, -0.05) is 0 Å². The van der Waals surface area contributed by atoms with E-state index in [-0.39, 0.29) is 23.9 Å². The summed E-state index contributed by atoms with van der Waals surface area (Å²) in [7, 11) is 1.52. The Balaban J connectivity index is 2.19. The lowest BCUT2D eigenvalue weighted by atomic mass is 10.1. The maximum absolute atomic E-state index is 12.4. The number of hydrogen-bond donors (Lipinski definition) is 1. The summed E-state index contributed by atoms with van der Waals surface area (Å²) < 4.78 is 10.6. The van der Waals surface area contributed by atoms with Gasteiger partial charge in [0.05, 0.1) is 24.9 Å². The lowest BCUT2D eigenvalue weighted by Crippen LogP contribution is -2.48. The van der Waals surface area contributed by atoms with Crippen LogP contribution < -0.4 is 4.74 Å². The molecule has 5 heteroatoms. The lowest BCUT2D eigenvalue weighted by molar-refractivity contribution is -0.0586. The molecule has 1 aliphatic rings. The molecule has 1 N–H and O–H groups in total. The molecule has 1 aromatic rings. The first-order valence-corrected chi connectivity index (χ1v) is 6.33. The molecule has 0 saturated carbocycles. The van der Waals surface area contributed by atoms with E-state index in [0.717, 1.165) is 0 Å². The number of phenolic OH excluding ortho intramolecular Hbond substituents is 1. The minimum absolute atomic E-state index is 0.00749. The number of nitrogens with zero attached hydrogens (tertiary/aromatic N) is 1. The number of methoxy groups -OCH3 is 1. The second-order valence-electron chi connectivity index (χ2n) is 4.85. The molecule has 0 radical (unpaired) electrons. The molecule has 0 aromatic heterocycles. The van der Waals surface area contributed by atoms with Crippen molar-refractivity contribution < 1.29 is 19.4 Å². The van der Waals surface area contributed by atoms with Crippen LogP contribution in [0.2, 0.25) is 0 Å². The average Bonchev–Trinajstić information content (AvgIpc) is 2.36. The fourth-order valence-electron chi connectivity index (χ4n) is 2.33. The topological polar surface area (TPSA) is 59.0 Å². The Bertz CT molecular complexity index is 465. The summed E-state index contributed by atoms with van der Waals surface area (Å²) in [6, 6.07) is 4.70. The van der Waals surface area contributed by atoms with Crippen LogP contribution in [-0.2, 0) is 4.74 Å². The summed E-state index contributed by atoms with van der Waals surface area (Å²) in [4.78, 5) is 14.1. The van der Waals surface area contributed by atoms with Gasteiger partial charge in [0.2, 0.25) is 0 Å². The molecule has 5 nitrogen and oxygen atoms in total. The first-order chi connectivity index (χ1) is 9.01. The van der Waals surface area contributed by atoms with E-state index in [0.29, 0.717) is 24.4 Å². The van der Waals surface area contributed by atoms with E-state index in [1.807, 2.05) is 13.8 Å². The number of hydrogen-bond acceptors (Lipinski definition) is 4. The number of benzene rings is 1. The van der Waals surface area contributed by atoms with Gasteiger partial charge in [0, 0.05) is 19.2 Å².